The van der Waals surface area contributed by atoms with Gasteiger partial charge in [0.2, 0.25) is 0 Å². The van der Waals surface area contributed by atoms with Crippen LogP contribution in [0.1, 0.15) is 34.4 Å². The van der Waals surface area contributed by atoms with Crippen LogP contribution in [0.15, 0.2) is 4.42 Å². The average molecular weight is 272 g/mol. The molecule has 1 rings (SSSR count). The molecule has 0 amide bonds. The van der Waals surface area contributed by atoms with Crippen molar-refractivity contribution in [2.45, 2.75) is 32.4 Å². The van der Waals surface area contributed by atoms with Gasteiger partial charge in [0.25, 0.3) is 0 Å². The SMILES string of the molecule is CCc1c(C)oc(C(F)(F)C(F)(F)F)c1C(=O)O. The van der Waals surface area contributed by atoms with E-state index in [2.05, 4.69) is 4.42 Å². The molecule has 8 heteroatoms. The summed E-state index contributed by atoms with van der Waals surface area (Å²) in [4.78, 5) is 10.8. The molecule has 0 spiro atoms. The maximum absolute atomic E-state index is 13.1. The van der Waals surface area contributed by atoms with Gasteiger partial charge in [-0.15, -0.1) is 0 Å². The molecule has 0 radical (unpaired) electrons. The zero-order valence-corrected chi connectivity index (χ0v) is 9.36. The van der Waals surface area contributed by atoms with E-state index < -0.39 is 29.4 Å². The van der Waals surface area contributed by atoms with Crippen molar-refractivity contribution in [2.24, 2.45) is 0 Å². The lowest BCUT2D eigenvalue weighted by Crippen LogP contribution is -2.34. The summed E-state index contributed by atoms with van der Waals surface area (Å²) in [5, 5.41) is 8.76. The number of alkyl halides is 5. The Morgan fingerprint density at radius 1 is 1.28 bits per heavy atom. The maximum Gasteiger partial charge on any atom is 0.461 e. The summed E-state index contributed by atoms with van der Waals surface area (Å²) >= 11 is 0. The maximum atomic E-state index is 13.1. The van der Waals surface area contributed by atoms with Crippen molar-refractivity contribution >= 4 is 5.97 Å². The van der Waals surface area contributed by atoms with Gasteiger partial charge in [-0.2, -0.15) is 22.0 Å². The lowest BCUT2D eigenvalue weighted by Gasteiger charge is -2.17. The van der Waals surface area contributed by atoms with E-state index in [1.165, 1.54) is 6.92 Å². The fourth-order valence-corrected chi connectivity index (χ4v) is 1.58. The van der Waals surface area contributed by atoms with E-state index in [9.17, 15) is 26.7 Å². The Hall–Kier alpha value is -1.60. The van der Waals surface area contributed by atoms with E-state index >= 15 is 0 Å². The van der Waals surface area contributed by atoms with Crippen LogP contribution in [-0.2, 0) is 12.3 Å². The van der Waals surface area contributed by atoms with Crippen molar-refractivity contribution < 1.29 is 36.3 Å². The van der Waals surface area contributed by atoms with Crippen LogP contribution in [0.2, 0.25) is 0 Å². The van der Waals surface area contributed by atoms with E-state index in [0.717, 1.165) is 6.92 Å². The van der Waals surface area contributed by atoms with Crippen LogP contribution in [0.25, 0.3) is 0 Å². The molecule has 0 fully saturated rings. The van der Waals surface area contributed by atoms with Crippen LogP contribution in [-0.4, -0.2) is 17.3 Å². The van der Waals surface area contributed by atoms with Crippen molar-refractivity contribution in [3.63, 3.8) is 0 Å². The molecule has 0 aliphatic carbocycles. The van der Waals surface area contributed by atoms with E-state index in [1.807, 2.05) is 0 Å². The summed E-state index contributed by atoms with van der Waals surface area (Å²) < 4.78 is 67.2. The third-order valence-electron chi connectivity index (χ3n) is 2.42. The standard InChI is InChI=1S/C10H9F5O3/c1-3-5-4(2)18-7(6(5)8(16)17)9(11,12)10(13,14)15/h3H2,1-2H3,(H,16,17). The zero-order chi connectivity index (χ0) is 14.3. The molecule has 1 aromatic rings. The highest BCUT2D eigenvalue weighted by molar-refractivity contribution is 5.91. The van der Waals surface area contributed by atoms with Gasteiger partial charge in [0, 0.05) is 5.56 Å². The highest BCUT2D eigenvalue weighted by Gasteiger charge is 2.63. The van der Waals surface area contributed by atoms with Crippen molar-refractivity contribution in [1.29, 1.82) is 0 Å². The molecular formula is C10H9F5O3. The van der Waals surface area contributed by atoms with Crippen molar-refractivity contribution in [1.82, 2.24) is 0 Å². The molecule has 0 aromatic carbocycles. The highest BCUT2D eigenvalue weighted by atomic mass is 19.4. The van der Waals surface area contributed by atoms with Crippen LogP contribution in [0, 0.1) is 6.92 Å². The fourth-order valence-electron chi connectivity index (χ4n) is 1.58. The number of halogens is 5. The lowest BCUT2D eigenvalue weighted by atomic mass is 10.0. The molecule has 1 heterocycles. The minimum absolute atomic E-state index is 0.0229. The van der Waals surface area contributed by atoms with Gasteiger partial charge in [-0.05, 0) is 13.3 Å². The topological polar surface area (TPSA) is 50.4 Å². The largest absolute Gasteiger partial charge is 0.478 e. The first kappa shape index (κ1) is 14.5. The smallest absolute Gasteiger partial charge is 0.461 e. The molecule has 102 valence electrons. The Labute approximate surface area is 98.2 Å². The summed E-state index contributed by atoms with van der Waals surface area (Å²) in [6.07, 6.45) is -5.93. The summed E-state index contributed by atoms with van der Waals surface area (Å²) in [7, 11) is 0. The first-order chi connectivity index (χ1) is 8.04. The number of aryl methyl sites for hydroxylation is 1. The Kier molecular flexibility index (Phi) is 3.42. The van der Waals surface area contributed by atoms with E-state index in [1.54, 1.807) is 0 Å². The number of carboxylic acids is 1. The molecule has 3 nitrogen and oxygen atoms in total. The van der Waals surface area contributed by atoms with E-state index in [-0.39, 0.29) is 17.7 Å². The summed E-state index contributed by atoms with van der Waals surface area (Å²) in [5.74, 6) is -9.33. The van der Waals surface area contributed by atoms with Gasteiger partial charge in [0.05, 0.1) is 0 Å². The molecule has 1 N–H and O–H groups in total. The Balaban J connectivity index is 3.56. The second-order valence-electron chi connectivity index (χ2n) is 3.57. The first-order valence-electron chi connectivity index (χ1n) is 4.84. The molecule has 0 unspecified atom stereocenters. The molecule has 1 aromatic heterocycles. The fraction of sp³-hybridized carbons (Fsp3) is 0.500. The number of aromatic carboxylic acids is 1. The molecule has 18 heavy (non-hydrogen) atoms. The zero-order valence-electron chi connectivity index (χ0n) is 9.36. The summed E-state index contributed by atoms with van der Waals surface area (Å²) in [6, 6.07) is 0. The van der Waals surface area contributed by atoms with Crippen molar-refractivity contribution in [3.05, 3.63) is 22.6 Å². The second kappa shape index (κ2) is 4.25. The predicted molar refractivity (Wildman–Crippen MR) is 49.7 cm³/mol. The number of hydrogen-bond donors (Lipinski definition) is 1. The predicted octanol–water partition coefficient (Wildman–Crippen LogP) is 3.50. The number of rotatable bonds is 3. The number of furan rings is 1. The van der Waals surface area contributed by atoms with Gasteiger partial charge in [0.15, 0.2) is 5.76 Å². The van der Waals surface area contributed by atoms with Crippen LogP contribution >= 0.6 is 0 Å². The summed E-state index contributed by atoms with van der Waals surface area (Å²) in [5.41, 5.74) is -1.28. The van der Waals surface area contributed by atoms with E-state index in [4.69, 9.17) is 5.11 Å². The minimum atomic E-state index is -5.91. The second-order valence-corrected chi connectivity index (χ2v) is 3.57. The Morgan fingerprint density at radius 2 is 1.78 bits per heavy atom. The Bertz CT molecular complexity index is 473. The van der Waals surface area contributed by atoms with Crippen LogP contribution in [0.3, 0.4) is 0 Å². The third kappa shape index (κ3) is 2.06. The number of carboxylic acid groups (broad SMARTS) is 1. The van der Waals surface area contributed by atoms with Gasteiger partial charge in [-0.3, -0.25) is 0 Å². The number of hydrogen-bond acceptors (Lipinski definition) is 2. The van der Waals surface area contributed by atoms with Crippen LogP contribution < -0.4 is 0 Å². The van der Waals surface area contributed by atoms with Crippen LogP contribution in [0.5, 0.6) is 0 Å². The van der Waals surface area contributed by atoms with Crippen molar-refractivity contribution in [3.8, 4) is 0 Å². The van der Waals surface area contributed by atoms with Crippen LogP contribution in [0.4, 0.5) is 22.0 Å². The highest BCUT2D eigenvalue weighted by Crippen LogP contribution is 2.46. The molecule has 0 atom stereocenters. The average Bonchev–Trinajstić information content (AvgIpc) is 2.53. The lowest BCUT2D eigenvalue weighted by molar-refractivity contribution is -0.295. The number of carbonyl (C=O) groups is 1. The minimum Gasteiger partial charge on any atom is -0.478 e. The molecular weight excluding hydrogens is 263 g/mol. The van der Waals surface area contributed by atoms with Gasteiger partial charge < -0.3 is 9.52 Å². The molecule has 0 bridgehead atoms. The molecule has 0 aliphatic heterocycles. The van der Waals surface area contributed by atoms with Gasteiger partial charge in [-0.1, -0.05) is 6.92 Å². The molecule has 0 saturated carbocycles. The monoisotopic (exact) mass is 272 g/mol. The quantitative estimate of drug-likeness (QED) is 0.857. The molecule has 0 aliphatic rings. The van der Waals surface area contributed by atoms with Gasteiger partial charge in [0.1, 0.15) is 11.3 Å². The van der Waals surface area contributed by atoms with Gasteiger partial charge >= 0.3 is 18.1 Å². The van der Waals surface area contributed by atoms with E-state index in [0.29, 0.717) is 0 Å². The normalized spacial score (nSPS) is 12.8. The Morgan fingerprint density at radius 3 is 2.11 bits per heavy atom. The van der Waals surface area contributed by atoms with Crippen molar-refractivity contribution in [2.75, 3.05) is 0 Å². The first-order valence-corrected chi connectivity index (χ1v) is 4.84. The molecule has 0 saturated heterocycles. The third-order valence-corrected chi connectivity index (χ3v) is 2.42. The summed E-state index contributed by atoms with van der Waals surface area (Å²) in [6.45, 7) is 2.57. The van der Waals surface area contributed by atoms with Gasteiger partial charge in [-0.25, -0.2) is 4.79 Å².